The van der Waals surface area contributed by atoms with Crippen LogP contribution >= 0.6 is 11.6 Å². The van der Waals surface area contributed by atoms with Crippen LogP contribution in [0.3, 0.4) is 0 Å². The fraction of sp³-hybridized carbons (Fsp3) is 0.176. The Bertz CT molecular complexity index is 771. The van der Waals surface area contributed by atoms with Gasteiger partial charge >= 0.3 is 6.03 Å². The van der Waals surface area contributed by atoms with Crippen LogP contribution in [0.15, 0.2) is 42.5 Å². The van der Waals surface area contributed by atoms with E-state index in [0.717, 1.165) is 0 Å². The molecule has 6 nitrogen and oxygen atoms in total. The molecule has 2 aromatic rings. The minimum absolute atomic E-state index is 0.0817. The second kappa shape index (κ2) is 8.89. The first kappa shape index (κ1) is 18.5. The molecule has 0 radical (unpaired) electrons. The zero-order valence-electron chi connectivity index (χ0n) is 13.2. The van der Waals surface area contributed by atoms with Crippen LogP contribution in [0.4, 0.5) is 14.9 Å². The fourth-order valence-corrected chi connectivity index (χ4v) is 2.24. The van der Waals surface area contributed by atoms with Gasteiger partial charge in [-0.1, -0.05) is 23.7 Å². The largest absolute Gasteiger partial charge is 0.487 e. The van der Waals surface area contributed by atoms with Crippen LogP contribution in [0.5, 0.6) is 5.75 Å². The van der Waals surface area contributed by atoms with Crippen LogP contribution < -0.4 is 21.1 Å². The average Bonchev–Trinajstić information content (AvgIpc) is 2.54. The predicted octanol–water partition coefficient (Wildman–Crippen LogP) is 3.06. The van der Waals surface area contributed by atoms with Crippen molar-refractivity contribution in [2.45, 2.75) is 13.0 Å². The molecule has 0 aliphatic heterocycles. The molecule has 0 atom stereocenters. The molecule has 0 bridgehead atoms. The van der Waals surface area contributed by atoms with Crippen molar-refractivity contribution in [2.75, 3.05) is 11.9 Å². The fourth-order valence-electron chi connectivity index (χ4n) is 2.01. The number of anilines is 1. The van der Waals surface area contributed by atoms with Gasteiger partial charge in [-0.2, -0.15) is 0 Å². The van der Waals surface area contributed by atoms with E-state index in [1.807, 2.05) is 0 Å². The summed E-state index contributed by atoms with van der Waals surface area (Å²) in [5.74, 6) is -0.214. The van der Waals surface area contributed by atoms with Crippen LogP contribution in [-0.4, -0.2) is 18.5 Å². The van der Waals surface area contributed by atoms with E-state index in [2.05, 4.69) is 10.6 Å². The van der Waals surface area contributed by atoms with Crippen molar-refractivity contribution in [3.8, 4) is 5.75 Å². The van der Waals surface area contributed by atoms with Crippen molar-refractivity contribution in [3.63, 3.8) is 0 Å². The van der Waals surface area contributed by atoms with Gasteiger partial charge in [-0.3, -0.25) is 4.79 Å². The predicted molar refractivity (Wildman–Crippen MR) is 93.0 cm³/mol. The van der Waals surface area contributed by atoms with E-state index < -0.39 is 6.03 Å². The molecule has 25 heavy (non-hydrogen) atoms. The van der Waals surface area contributed by atoms with Gasteiger partial charge in [0.05, 0.1) is 5.02 Å². The standard InChI is InChI=1S/C17H17ClFN3O3/c18-14-9-13(22-16(23)6-7-21-17(20)24)4-5-15(14)25-10-11-2-1-3-12(19)8-11/h1-5,8-9H,6-7,10H2,(H,22,23)(H3,20,21,24). The van der Waals surface area contributed by atoms with E-state index in [1.54, 1.807) is 30.3 Å². The molecule has 0 saturated heterocycles. The first-order chi connectivity index (χ1) is 11.9. The topological polar surface area (TPSA) is 93.5 Å². The monoisotopic (exact) mass is 365 g/mol. The Morgan fingerprint density at radius 2 is 2.00 bits per heavy atom. The molecule has 0 heterocycles. The molecule has 0 unspecified atom stereocenters. The van der Waals surface area contributed by atoms with Crippen molar-refractivity contribution in [3.05, 3.63) is 58.9 Å². The van der Waals surface area contributed by atoms with Gasteiger partial charge in [0, 0.05) is 18.7 Å². The third kappa shape index (κ3) is 6.31. The molecule has 0 aromatic heterocycles. The van der Waals surface area contributed by atoms with Gasteiger partial charge in [0.15, 0.2) is 0 Å². The van der Waals surface area contributed by atoms with Gasteiger partial charge in [0.2, 0.25) is 5.91 Å². The Labute approximate surface area is 149 Å². The molecule has 0 saturated carbocycles. The number of hydrogen-bond donors (Lipinski definition) is 3. The van der Waals surface area contributed by atoms with Gasteiger partial charge in [0.1, 0.15) is 18.2 Å². The summed E-state index contributed by atoms with van der Waals surface area (Å²) in [5.41, 5.74) is 6.08. The van der Waals surface area contributed by atoms with Gasteiger partial charge in [-0.15, -0.1) is 0 Å². The van der Waals surface area contributed by atoms with Crippen LogP contribution in [-0.2, 0) is 11.4 Å². The zero-order chi connectivity index (χ0) is 18.2. The summed E-state index contributed by atoms with van der Waals surface area (Å²) in [6.07, 6.45) is 0.0817. The second-order valence-electron chi connectivity index (χ2n) is 5.15. The SMILES string of the molecule is NC(=O)NCCC(=O)Nc1ccc(OCc2cccc(F)c2)c(Cl)c1. The highest BCUT2D eigenvalue weighted by Crippen LogP contribution is 2.28. The molecule has 3 amide bonds. The van der Waals surface area contributed by atoms with Crippen LogP contribution in [0.25, 0.3) is 0 Å². The van der Waals surface area contributed by atoms with E-state index in [4.69, 9.17) is 22.1 Å². The Balaban J connectivity index is 1.89. The maximum atomic E-state index is 13.1. The number of halogens is 2. The summed E-state index contributed by atoms with van der Waals surface area (Å²) in [7, 11) is 0. The smallest absolute Gasteiger partial charge is 0.312 e. The van der Waals surface area contributed by atoms with E-state index in [-0.39, 0.29) is 31.3 Å². The van der Waals surface area contributed by atoms with E-state index in [9.17, 15) is 14.0 Å². The van der Waals surface area contributed by atoms with Gasteiger partial charge in [-0.25, -0.2) is 9.18 Å². The lowest BCUT2D eigenvalue weighted by atomic mass is 10.2. The Hall–Kier alpha value is -2.80. The quantitative estimate of drug-likeness (QED) is 0.704. The lowest BCUT2D eigenvalue weighted by Gasteiger charge is -2.11. The molecule has 0 fully saturated rings. The summed E-state index contributed by atoms with van der Waals surface area (Å²) in [4.78, 5) is 22.3. The van der Waals surface area contributed by atoms with E-state index >= 15 is 0 Å². The zero-order valence-corrected chi connectivity index (χ0v) is 14.0. The molecule has 2 rings (SSSR count). The minimum Gasteiger partial charge on any atom is -0.487 e. The number of primary amides is 1. The number of carbonyl (C=O) groups excluding carboxylic acids is 2. The lowest BCUT2D eigenvalue weighted by molar-refractivity contribution is -0.116. The highest BCUT2D eigenvalue weighted by Gasteiger charge is 2.07. The molecular weight excluding hydrogens is 349 g/mol. The molecular formula is C17H17ClFN3O3. The first-order valence-electron chi connectivity index (χ1n) is 7.44. The number of hydrogen-bond acceptors (Lipinski definition) is 3. The van der Waals surface area contributed by atoms with Crippen molar-refractivity contribution in [1.29, 1.82) is 0 Å². The molecule has 2 aromatic carbocycles. The first-order valence-corrected chi connectivity index (χ1v) is 7.82. The maximum Gasteiger partial charge on any atom is 0.312 e. The second-order valence-corrected chi connectivity index (χ2v) is 5.56. The summed E-state index contributed by atoms with van der Waals surface area (Å²) in [6.45, 7) is 0.311. The van der Waals surface area contributed by atoms with Crippen molar-refractivity contribution in [2.24, 2.45) is 5.73 Å². The van der Waals surface area contributed by atoms with Crippen molar-refractivity contribution < 1.29 is 18.7 Å². The molecule has 4 N–H and O–H groups in total. The van der Waals surface area contributed by atoms with Crippen LogP contribution in [0.2, 0.25) is 5.02 Å². The highest BCUT2D eigenvalue weighted by molar-refractivity contribution is 6.32. The lowest BCUT2D eigenvalue weighted by Crippen LogP contribution is -2.32. The molecule has 0 spiro atoms. The number of ether oxygens (including phenoxy) is 1. The number of rotatable bonds is 7. The Morgan fingerprint density at radius 1 is 1.20 bits per heavy atom. The summed E-state index contributed by atoms with van der Waals surface area (Å²) in [5, 5.41) is 5.28. The van der Waals surface area contributed by atoms with Gasteiger partial charge < -0.3 is 21.1 Å². The van der Waals surface area contributed by atoms with E-state index in [1.165, 1.54) is 12.1 Å². The molecule has 0 aliphatic carbocycles. The Kier molecular flexibility index (Phi) is 6.59. The number of urea groups is 1. The average molecular weight is 366 g/mol. The number of nitrogens with two attached hydrogens (primary N) is 1. The van der Waals surface area contributed by atoms with Crippen molar-refractivity contribution in [1.82, 2.24) is 5.32 Å². The number of carbonyl (C=O) groups is 2. The minimum atomic E-state index is -0.685. The maximum absolute atomic E-state index is 13.1. The highest BCUT2D eigenvalue weighted by atomic mass is 35.5. The van der Waals surface area contributed by atoms with E-state index in [0.29, 0.717) is 22.0 Å². The van der Waals surface area contributed by atoms with Crippen LogP contribution in [0, 0.1) is 5.82 Å². The third-order valence-electron chi connectivity index (χ3n) is 3.15. The molecule has 0 aliphatic rings. The number of nitrogens with one attached hydrogen (secondary N) is 2. The van der Waals surface area contributed by atoms with Crippen molar-refractivity contribution >= 4 is 29.2 Å². The van der Waals surface area contributed by atoms with Crippen LogP contribution in [0.1, 0.15) is 12.0 Å². The number of amides is 3. The molecule has 8 heteroatoms. The van der Waals surface area contributed by atoms with Gasteiger partial charge in [0.25, 0.3) is 0 Å². The number of benzene rings is 2. The summed E-state index contributed by atoms with van der Waals surface area (Å²) in [6, 6.07) is 10.2. The molecule has 132 valence electrons. The van der Waals surface area contributed by atoms with Gasteiger partial charge in [-0.05, 0) is 35.9 Å². The summed E-state index contributed by atoms with van der Waals surface area (Å²) < 4.78 is 18.7. The Morgan fingerprint density at radius 3 is 2.68 bits per heavy atom. The normalized spacial score (nSPS) is 10.2. The summed E-state index contributed by atoms with van der Waals surface area (Å²) >= 11 is 6.13. The third-order valence-corrected chi connectivity index (χ3v) is 3.45.